The van der Waals surface area contributed by atoms with Crippen LogP contribution in [0, 0.1) is 5.82 Å². The molecule has 1 rings (SSSR count). The largest absolute Gasteiger partial charge is 0.368 e. The van der Waals surface area contributed by atoms with Crippen LogP contribution in [0.2, 0.25) is 0 Å². The van der Waals surface area contributed by atoms with Gasteiger partial charge < -0.3 is 16.0 Å². The number of nitrogens with two attached hydrogens (primary N) is 1. The van der Waals surface area contributed by atoms with Crippen LogP contribution < -0.4 is 11.1 Å². The zero-order valence-electron chi connectivity index (χ0n) is 10.4. The molecule has 6 heteroatoms. The van der Waals surface area contributed by atoms with Gasteiger partial charge in [-0.2, -0.15) is 4.98 Å². The van der Waals surface area contributed by atoms with Gasteiger partial charge in [0.25, 0.3) is 0 Å². The van der Waals surface area contributed by atoms with Gasteiger partial charge in [0.15, 0.2) is 11.6 Å². The highest BCUT2D eigenvalue weighted by molar-refractivity contribution is 5.38. The number of likely N-dealkylation sites (N-methyl/N-ethyl adjacent to an activating group) is 1. The summed E-state index contributed by atoms with van der Waals surface area (Å²) in [5.74, 6) is -0.224. The third-order valence-electron chi connectivity index (χ3n) is 2.47. The minimum absolute atomic E-state index is 0.0785. The first-order valence-corrected chi connectivity index (χ1v) is 5.91. The Hall–Kier alpha value is -1.43. The third kappa shape index (κ3) is 4.52. The van der Waals surface area contributed by atoms with Crippen molar-refractivity contribution in [3.63, 3.8) is 0 Å². The maximum atomic E-state index is 13.3. The van der Waals surface area contributed by atoms with E-state index >= 15 is 0 Å². The fourth-order valence-electron chi connectivity index (χ4n) is 1.58. The molecule has 0 fully saturated rings. The Morgan fingerprint density at radius 2 is 2.18 bits per heavy atom. The quantitative estimate of drug-likeness (QED) is 0.754. The summed E-state index contributed by atoms with van der Waals surface area (Å²) < 4.78 is 13.3. The lowest BCUT2D eigenvalue weighted by Crippen LogP contribution is -2.30. The standard InChI is InChI=1S/C11H20FN5/c1-3-6-17(4-2)7-5-14-10-9(12)8-15-11(13)16-10/h8H,3-7H2,1-2H3,(H3,13,14,15,16). The van der Waals surface area contributed by atoms with Crippen LogP contribution in [-0.4, -0.2) is 41.0 Å². The molecule has 5 nitrogen and oxygen atoms in total. The third-order valence-corrected chi connectivity index (χ3v) is 2.47. The van der Waals surface area contributed by atoms with Crippen LogP contribution in [0.15, 0.2) is 6.20 Å². The summed E-state index contributed by atoms with van der Waals surface area (Å²) in [6.45, 7) is 7.78. The first-order valence-electron chi connectivity index (χ1n) is 5.91. The average Bonchev–Trinajstić information content (AvgIpc) is 2.32. The molecule has 3 N–H and O–H groups in total. The van der Waals surface area contributed by atoms with Gasteiger partial charge >= 0.3 is 0 Å². The maximum Gasteiger partial charge on any atom is 0.222 e. The summed E-state index contributed by atoms with van der Waals surface area (Å²) in [6.07, 6.45) is 2.19. The maximum absolute atomic E-state index is 13.3. The molecular formula is C11H20FN5. The number of aromatic nitrogens is 2. The van der Waals surface area contributed by atoms with Crippen LogP contribution in [0.5, 0.6) is 0 Å². The second-order valence-corrected chi connectivity index (χ2v) is 3.79. The molecule has 0 aliphatic rings. The van der Waals surface area contributed by atoms with E-state index in [4.69, 9.17) is 5.73 Å². The molecule has 0 saturated carbocycles. The van der Waals surface area contributed by atoms with Crippen molar-refractivity contribution in [2.24, 2.45) is 0 Å². The summed E-state index contributed by atoms with van der Waals surface area (Å²) in [7, 11) is 0. The molecule has 96 valence electrons. The van der Waals surface area contributed by atoms with Gasteiger partial charge in [0.05, 0.1) is 6.20 Å². The van der Waals surface area contributed by atoms with E-state index in [1.165, 1.54) is 0 Å². The van der Waals surface area contributed by atoms with Crippen molar-refractivity contribution in [1.82, 2.24) is 14.9 Å². The lowest BCUT2D eigenvalue weighted by molar-refractivity contribution is 0.300. The monoisotopic (exact) mass is 241 g/mol. The molecule has 1 heterocycles. The number of halogens is 1. The number of hydrogen-bond acceptors (Lipinski definition) is 5. The van der Waals surface area contributed by atoms with Gasteiger partial charge in [0, 0.05) is 13.1 Å². The van der Waals surface area contributed by atoms with Gasteiger partial charge in [-0.3, -0.25) is 0 Å². The van der Waals surface area contributed by atoms with E-state index in [0.717, 1.165) is 32.3 Å². The molecule has 0 atom stereocenters. The molecule has 1 aromatic heterocycles. The van der Waals surface area contributed by atoms with Gasteiger partial charge in [0.1, 0.15) is 0 Å². The molecule has 0 radical (unpaired) electrons. The van der Waals surface area contributed by atoms with Crippen LogP contribution in [0.25, 0.3) is 0 Å². The Morgan fingerprint density at radius 3 is 2.82 bits per heavy atom. The normalized spacial score (nSPS) is 10.8. The highest BCUT2D eigenvalue weighted by atomic mass is 19.1. The van der Waals surface area contributed by atoms with Crippen LogP contribution in [0.4, 0.5) is 16.2 Å². The van der Waals surface area contributed by atoms with Gasteiger partial charge in [0.2, 0.25) is 5.95 Å². The van der Waals surface area contributed by atoms with E-state index in [0.29, 0.717) is 6.54 Å². The fourth-order valence-corrected chi connectivity index (χ4v) is 1.58. The molecule has 0 spiro atoms. The lowest BCUT2D eigenvalue weighted by Gasteiger charge is -2.19. The molecule has 0 unspecified atom stereocenters. The lowest BCUT2D eigenvalue weighted by atomic mass is 10.4. The zero-order chi connectivity index (χ0) is 12.7. The van der Waals surface area contributed by atoms with Crippen LogP contribution >= 0.6 is 0 Å². The Kier molecular flexibility index (Phi) is 5.62. The van der Waals surface area contributed by atoms with Crippen molar-refractivity contribution in [2.45, 2.75) is 20.3 Å². The Bertz CT molecular complexity index is 345. The van der Waals surface area contributed by atoms with Crippen molar-refractivity contribution in [1.29, 1.82) is 0 Å². The van der Waals surface area contributed by atoms with E-state index in [2.05, 4.69) is 34.0 Å². The SMILES string of the molecule is CCCN(CC)CCNc1nc(N)ncc1F. The van der Waals surface area contributed by atoms with Crippen molar-refractivity contribution >= 4 is 11.8 Å². The Labute approximate surface area is 101 Å². The van der Waals surface area contributed by atoms with Gasteiger partial charge in [-0.25, -0.2) is 9.37 Å². The number of nitrogen functional groups attached to an aromatic ring is 1. The number of nitrogens with one attached hydrogen (secondary N) is 1. The van der Waals surface area contributed by atoms with E-state index in [1.54, 1.807) is 0 Å². The van der Waals surface area contributed by atoms with E-state index < -0.39 is 5.82 Å². The minimum atomic E-state index is -0.474. The van der Waals surface area contributed by atoms with Gasteiger partial charge in [-0.15, -0.1) is 0 Å². The highest BCUT2D eigenvalue weighted by Gasteiger charge is 2.05. The summed E-state index contributed by atoms with van der Waals surface area (Å²) in [5, 5.41) is 2.93. The second-order valence-electron chi connectivity index (χ2n) is 3.79. The summed E-state index contributed by atoms with van der Waals surface area (Å²) in [5.41, 5.74) is 5.39. The minimum Gasteiger partial charge on any atom is -0.368 e. The van der Waals surface area contributed by atoms with E-state index in [9.17, 15) is 4.39 Å². The molecule has 0 aliphatic carbocycles. The predicted octanol–water partition coefficient (Wildman–Crippen LogP) is 1.34. The molecule has 0 aromatic carbocycles. The van der Waals surface area contributed by atoms with Gasteiger partial charge in [-0.05, 0) is 19.5 Å². The van der Waals surface area contributed by atoms with Gasteiger partial charge in [-0.1, -0.05) is 13.8 Å². The van der Waals surface area contributed by atoms with Crippen molar-refractivity contribution in [3.8, 4) is 0 Å². The van der Waals surface area contributed by atoms with Crippen molar-refractivity contribution in [2.75, 3.05) is 37.2 Å². The molecule has 17 heavy (non-hydrogen) atoms. The Balaban J connectivity index is 2.42. The summed E-state index contributed by atoms with van der Waals surface area (Å²) in [6, 6.07) is 0. The van der Waals surface area contributed by atoms with Crippen LogP contribution in [0.3, 0.4) is 0 Å². The van der Waals surface area contributed by atoms with Crippen LogP contribution in [-0.2, 0) is 0 Å². The number of nitrogens with zero attached hydrogens (tertiary/aromatic N) is 3. The topological polar surface area (TPSA) is 67.1 Å². The first kappa shape index (κ1) is 13.6. The Morgan fingerprint density at radius 1 is 1.41 bits per heavy atom. The zero-order valence-corrected chi connectivity index (χ0v) is 10.4. The number of hydrogen-bond donors (Lipinski definition) is 2. The number of anilines is 2. The average molecular weight is 241 g/mol. The summed E-state index contributed by atoms with van der Waals surface area (Å²) in [4.78, 5) is 9.66. The molecule has 0 amide bonds. The predicted molar refractivity (Wildman–Crippen MR) is 67.3 cm³/mol. The van der Waals surface area contributed by atoms with E-state index in [-0.39, 0.29) is 11.8 Å². The molecule has 0 saturated heterocycles. The van der Waals surface area contributed by atoms with Crippen molar-refractivity contribution < 1.29 is 4.39 Å². The van der Waals surface area contributed by atoms with E-state index in [1.807, 2.05) is 0 Å². The first-order chi connectivity index (χ1) is 8.17. The van der Waals surface area contributed by atoms with Crippen LogP contribution in [0.1, 0.15) is 20.3 Å². The molecular weight excluding hydrogens is 221 g/mol. The number of rotatable bonds is 7. The second kappa shape index (κ2) is 7.01. The molecule has 0 bridgehead atoms. The fraction of sp³-hybridized carbons (Fsp3) is 0.636. The van der Waals surface area contributed by atoms with Crippen molar-refractivity contribution in [3.05, 3.63) is 12.0 Å². The summed E-state index contributed by atoms with van der Waals surface area (Å²) >= 11 is 0. The smallest absolute Gasteiger partial charge is 0.222 e. The molecule has 1 aromatic rings. The highest BCUT2D eigenvalue weighted by Crippen LogP contribution is 2.09. The molecule has 0 aliphatic heterocycles.